The molecule has 0 saturated heterocycles. The quantitative estimate of drug-likeness (QED) is 0.943. The van der Waals surface area contributed by atoms with E-state index in [1.165, 1.54) is 0 Å². The van der Waals surface area contributed by atoms with Crippen molar-refractivity contribution in [2.75, 3.05) is 19.1 Å². The molecule has 0 saturated carbocycles. The zero-order valence-corrected chi connectivity index (χ0v) is 13.3. The molecule has 112 valence electrons. The van der Waals surface area contributed by atoms with Crippen LogP contribution in [0.1, 0.15) is 16.7 Å². The Hall–Kier alpha value is -2.01. The Morgan fingerprint density at radius 3 is 2.52 bits per heavy atom. The minimum absolute atomic E-state index is 0.148. The monoisotopic (exact) mass is 307 g/mol. The van der Waals surface area contributed by atoms with Crippen LogP contribution in [0.2, 0.25) is 5.02 Å². The molecule has 0 unspecified atom stereocenters. The predicted octanol–water partition coefficient (Wildman–Crippen LogP) is 2.69. The van der Waals surface area contributed by atoms with Crippen LogP contribution < -0.4 is 15.2 Å². The maximum atomic E-state index is 11.5. The molecule has 1 heterocycles. The molecular formula is C15H18ClN3O2. The largest absolute Gasteiger partial charge is 0.496 e. The molecule has 0 amide bonds. The van der Waals surface area contributed by atoms with Gasteiger partial charge in [-0.2, -0.15) is 5.10 Å². The summed E-state index contributed by atoms with van der Waals surface area (Å²) in [6, 6.07) is 4.13. The molecule has 0 atom stereocenters. The van der Waals surface area contributed by atoms with E-state index in [0.29, 0.717) is 12.2 Å². The normalized spacial score (nSPS) is 10.5. The average molecular weight is 308 g/mol. The van der Waals surface area contributed by atoms with Gasteiger partial charge in [0, 0.05) is 13.6 Å². The molecule has 1 N–H and O–H groups in total. The molecule has 1 aromatic carbocycles. The lowest BCUT2D eigenvalue weighted by molar-refractivity contribution is 0.408. The summed E-state index contributed by atoms with van der Waals surface area (Å²) >= 11 is 6.02. The summed E-state index contributed by atoms with van der Waals surface area (Å²) in [7, 11) is 3.54. The number of ether oxygens (including phenoxy) is 1. The molecular weight excluding hydrogens is 290 g/mol. The highest BCUT2D eigenvalue weighted by Gasteiger charge is 2.12. The number of hydrogen-bond acceptors (Lipinski definition) is 4. The Morgan fingerprint density at radius 1 is 1.33 bits per heavy atom. The van der Waals surface area contributed by atoms with Crippen molar-refractivity contribution in [2.24, 2.45) is 0 Å². The number of anilines is 1. The zero-order chi connectivity index (χ0) is 15.6. The number of aryl methyl sites for hydroxylation is 2. The van der Waals surface area contributed by atoms with Gasteiger partial charge in [-0.25, -0.2) is 5.10 Å². The fourth-order valence-electron chi connectivity index (χ4n) is 2.45. The number of halogens is 1. The number of aromatic amines is 1. The topological polar surface area (TPSA) is 58.2 Å². The van der Waals surface area contributed by atoms with Gasteiger partial charge < -0.3 is 9.64 Å². The molecule has 0 aliphatic carbocycles. The van der Waals surface area contributed by atoms with Gasteiger partial charge in [0.1, 0.15) is 10.8 Å². The summed E-state index contributed by atoms with van der Waals surface area (Å²) in [5.41, 5.74) is 3.49. The molecule has 0 fully saturated rings. The second-order valence-corrected chi connectivity index (χ2v) is 5.40. The van der Waals surface area contributed by atoms with Crippen LogP contribution in [0.15, 0.2) is 23.1 Å². The maximum Gasteiger partial charge on any atom is 0.285 e. The second kappa shape index (κ2) is 6.18. The number of hydrogen-bond donors (Lipinski definition) is 1. The molecule has 0 radical (unpaired) electrons. The van der Waals surface area contributed by atoms with E-state index in [2.05, 4.69) is 22.3 Å². The molecule has 2 rings (SSSR count). The Labute approximate surface area is 128 Å². The van der Waals surface area contributed by atoms with E-state index in [1.54, 1.807) is 13.3 Å². The van der Waals surface area contributed by atoms with E-state index >= 15 is 0 Å². The van der Waals surface area contributed by atoms with Crippen LogP contribution in [0.3, 0.4) is 0 Å². The van der Waals surface area contributed by atoms with E-state index < -0.39 is 0 Å². The van der Waals surface area contributed by atoms with Crippen molar-refractivity contribution in [3.63, 3.8) is 0 Å². The zero-order valence-electron chi connectivity index (χ0n) is 12.5. The number of rotatable bonds is 4. The Morgan fingerprint density at radius 2 is 1.95 bits per heavy atom. The van der Waals surface area contributed by atoms with Crippen LogP contribution in [0.5, 0.6) is 5.75 Å². The van der Waals surface area contributed by atoms with Gasteiger partial charge in [-0.15, -0.1) is 0 Å². The highest BCUT2D eigenvalue weighted by molar-refractivity contribution is 6.32. The molecule has 6 heteroatoms. The van der Waals surface area contributed by atoms with Crippen molar-refractivity contribution < 1.29 is 4.74 Å². The van der Waals surface area contributed by atoms with Gasteiger partial charge in [-0.1, -0.05) is 23.7 Å². The van der Waals surface area contributed by atoms with Crippen molar-refractivity contribution in [1.82, 2.24) is 10.2 Å². The first kappa shape index (κ1) is 15.4. The third kappa shape index (κ3) is 3.19. The third-order valence-electron chi connectivity index (χ3n) is 3.33. The molecule has 0 bridgehead atoms. The second-order valence-electron chi connectivity index (χ2n) is 5.02. The minimum Gasteiger partial charge on any atom is -0.496 e. The number of benzene rings is 1. The van der Waals surface area contributed by atoms with Crippen LogP contribution in [0.25, 0.3) is 0 Å². The van der Waals surface area contributed by atoms with Crippen LogP contribution in [-0.4, -0.2) is 24.4 Å². The van der Waals surface area contributed by atoms with E-state index in [4.69, 9.17) is 16.3 Å². The number of methoxy groups -OCH3 is 1. The Balaban J connectivity index is 2.30. The maximum absolute atomic E-state index is 11.5. The van der Waals surface area contributed by atoms with Gasteiger partial charge in [-0.3, -0.25) is 4.79 Å². The summed E-state index contributed by atoms with van der Waals surface area (Å²) in [6.07, 6.45) is 1.55. The fraction of sp³-hybridized carbons (Fsp3) is 0.333. The smallest absolute Gasteiger partial charge is 0.285 e. The lowest BCUT2D eigenvalue weighted by Gasteiger charge is -2.21. The van der Waals surface area contributed by atoms with Gasteiger partial charge >= 0.3 is 0 Å². The van der Waals surface area contributed by atoms with Crippen molar-refractivity contribution >= 4 is 17.3 Å². The van der Waals surface area contributed by atoms with Crippen LogP contribution in [0.4, 0.5) is 5.69 Å². The van der Waals surface area contributed by atoms with Gasteiger partial charge in [0.05, 0.1) is 19.0 Å². The lowest BCUT2D eigenvalue weighted by atomic mass is 10.1. The fourth-order valence-corrected chi connectivity index (χ4v) is 2.69. The van der Waals surface area contributed by atoms with Gasteiger partial charge in [0.25, 0.3) is 5.56 Å². The lowest BCUT2D eigenvalue weighted by Crippen LogP contribution is -2.21. The summed E-state index contributed by atoms with van der Waals surface area (Å²) in [4.78, 5) is 13.4. The summed E-state index contributed by atoms with van der Waals surface area (Å²) in [6.45, 7) is 4.64. The summed E-state index contributed by atoms with van der Waals surface area (Å²) in [5.74, 6) is 0.900. The Kier molecular flexibility index (Phi) is 4.53. The molecule has 5 nitrogen and oxygen atoms in total. The molecule has 0 aliphatic rings. The third-order valence-corrected chi connectivity index (χ3v) is 3.70. The van der Waals surface area contributed by atoms with Crippen molar-refractivity contribution in [2.45, 2.75) is 20.4 Å². The van der Waals surface area contributed by atoms with Crippen LogP contribution in [-0.2, 0) is 6.54 Å². The standard InChI is InChI=1S/C15H18ClN3O2/c1-9-5-11(6-10(2)14(9)21-4)8-19(3)12-7-17-18-15(20)13(12)16/h5-7H,8H2,1-4H3,(H,18,20). The predicted molar refractivity (Wildman–Crippen MR) is 84.4 cm³/mol. The van der Waals surface area contributed by atoms with E-state index in [9.17, 15) is 4.79 Å². The summed E-state index contributed by atoms with van der Waals surface area (Å²) in [5, 5.41) is 6.25. The van der Waals surface area contributed by atoms with Gasteiger partial charge in [-0.05, 0) is 30.5 Å². The van der Waals surface area contributed by atoms with Gasteiger partial charge in [0.2, 0.25) is 0 Å². The number of H-pyrrole nitrogens is 1. The number of aromatic nitrogens is 2. The summed E-state index contributed by atoms with van der Waals surface area (Å²) < 4.78 is 5.37. The first-order valence-corrected chi connectivity index (χ1v) is 6.90. The average Bonchev–Trinajstić information content (AvgIpc) is 2.41. The molecule has 0 spiro atoms. The van der Waals surface area contributed by atoms with Crippen LogP contribution in [0, 0.1) is 13.8 Å². The molecule has 1 aromatic heterocycles. The van der Waals surface area contributed by atoms with Crippen molar-refractivity contribution in [3.8, 4) is 5.75 Å². The minimum atomic E-state index is -0.386. The van der Waals surface area contributed by atoms with Crippen molar-refractivity contribution in [3.05, 3.63) is 50.4 Å². The van der Waals surface area contributed by atoms with E-state index in [0.717, 1.165) is 22.4 Å². The first-order valence-electron chi connectivity index (χ1n) is 6.52. The van der Waals surface area contributed by atoms with Crippen molar-refractivity contribution in [1.29, 1.82) is 0 Å². The number of nitrogens with one attached hydrogen (secondary N) is 1. The SMILES string of the molecule is COc1c(C)cc(CN(C)c2cn[nH]c(=O)c2Cl)cc1C. The number of nitrogens with zero attached hydrogens (tertiary/aromatic N) is 2. The van der Waals surface area contributed by atoms with Gasteiger partial charge in [0.15, 0.2) is 0 Å². The molecule has 21 heavy (non-hydrogen) atoms. The molecule has 0 aliphatic heterocycles. The van der Waals surface area contributed by atoms with Crippen LogP contribution >= 0.6 is 11.6 Å². The highest BCUT2D eigenvalue weighted by Crippen LogP contribution is 2.26. The van der Waals surface area contributed by atoms with E-state index in [1.807, 2.05) is 25.8 Å². The Bertz CT molecular complexity index is 689. The molecule has 2 aromatic rings. The highest BCUT2D eigenvalue weighted by atomic mass is 35.5. The van der Waals surface area contributed by atoms with E-state index in [-0.39, 0.29) is 10.6 Å². The first-order chi connectivity index (χ1) is 9.93.